The molecule has 2 rings (SSSR count). The second-order valence-electron chi connectivity index (χ2n) is 4.44. The fourth-order valence-electron chi connectivity index (χ4n) is 1.62. The van der Waals surface area contributed by atoms with Gasteiger partial charge >= 0.3 is 6.18 Å². The number of anilines is 1. The number of nitrogens with zero attached hydrogens (tertiary/aromatic N) is 2. The van der Waals surface area contributed by atoms with Crippen LogP contribution in [0.25, 0.3) is 0 Å². The predicted octanol–water partition coefficient (Wildman–Crippen LogP) is 2.89. The van der Waals surface area contributed by atoms with Gasteiger partial charge in [0, 0.05) is 6.07 Å². The Morgan fingerprint density at radius 3 is 2.65 bits per heavy atom. The van der Waals surface area contributed by atoms with Crippen molar-refractivity contribution < 1.29 is 22.3 Å². The van der Waals surface area contributed by atoms with Crippen LogP contribution in [0.15, 0.2) is 22.6 Å². The minimum atomic E-state index is -4.62. The van der Waals surface area contributed by atoms with Gasteiger partial charge in [-0.15, -0.1) is 0 Å². The van der Waals surface area contributed by atoms with Crippen molar-refractivity contribution in [2.45, 2.75) is 19.6 Å². The highest BCUT2D eigenvalue weighted by molar-refractivity contribution is 7.80. The Morgan fingerprint density at radius 2 is 2.09 bits per heavy atom. The average molecular weight is 346 g/mol. The van der Waals surface area contributed by atoms with Gasteiger partial charge in [0.15, 0.2) is 10.8 Å². The molecule has 2 heterocycles. The smallest absolute Gasteiger partial charge is 0.433 e. The van der Waals surface area contributed by atoms with Crippen molar-refractivity contribution in [2.24, 2.45) is 0 Å². The lowest BCUT2D eigenvalue weighted by molar-refractivity contribution is -0.141. The number of nitrogens with one attached hydrogen (secondary N) is 2. The number of alkyl halides is 3. The number of hydrogen-bond donors (Lipinski definition) is 2. The van der Waals surface area contributed by atoms with E-state index in [9.17, 15) is 13.2 Å². The van der Waals surface area contributed by atoms with Crippen molar-refractivity contribution in [3.05, 3.63) is 35.4 Å². The molecule has 0 bridgehead atoms. The van der Waals surface area contributed by atoms with E-state index in [2.05, 4.69) is 20.6 Å². The van der Waals surface area contributed by atoms with Gasteiger partial charge in [-0.1, -0.05) is 0 Å². The van der Waals surface area contributed by atoms with E-state index in [1.54, 1.807) is 19.1 Å². The van der Waals surface area contributed by atoms with Gasteiger partial charge in [-0.25, -0.2) is 4.98 Å². The zero-order valence-corrected chi connectivity index (χ0v) is 13.0. The fourth-order valence-corrected chi connectivity index (χ4v) is 1.79. The Balaban J connectivity index is 2.05. The van der Waals surface area contributed by atoms with Gasteiger partial charge in [0.2, 0.25) is 11.8 Å². The van der Waals surface area contributed by atoms with Crippen LogP contribution in [-0.4, -0.2) is 22.2 Å². The van der Waals surface area contributed by atoms with E-state index in [4.69, 9.17) is 21.4 Å². The van der Waals surface area contributed by atoms with Gasteiger partial charge in [0.05, 0.1) is 13.7 Å². The maximum absolute atomic E-state index is 12.8. The first-order valence-corrected chi connectivity index (χ1v) is 6.79. The van der Waals surface area contributed by atoms with Crippen LogP contribution in [-0.2, 0) is 12.7 Å². The largest absolute Gasteiger partial charge is 0.481 e. The lowest BCUT2D eigenvalue weighted by atomic mass is 10.4. The molecule has 0 amide bonds. The van der Waals surface area contributed by atoms with Crippen LogP contribution >= 0.6 is 12.2 Å². The minimum absolute atomic E-state index is 0.0560. The standard InChI is InChI=1S/C13H13F3N4O2S/c1-7-3-4-8(22-7)6-17-12(23)20-11-18-9(13(14,15)16)5-10(19-11)21-2/h3-5H,6H2,1-2H3,(H2,17,18,19,20,23). The molecule has 0 saturated heterocycles. The van der Waals surface area contributed by atoms with E-state index in [0.717, 1.165) is 5.76 Å². The minimum Gasteiger partial charge on any atom is -0.481 e. The second kappa shape index (κ2) is 6.82. The van der Waals surface area contributed by atoms with Gasteiger partial charge < -0.3 is 19.8 Å². The summed E-state index contributed by atoms with van der Waals surface area (Å²) in [6, 6.07) is 4.25. The first kappa shape index (κ1) is 17.0. The molecule has 124 valence electrons. The maximum Gasteiger partial charge on any atom is 0.433 e. The van der Waals surface area contributed by atoms with E-state index in [-0.39, 0.29) is 23.5 Å². The van der Waals surface area contributed by atoms with Gasteiger partial charge in [-0.3, -0.25) is 0 Å². The maximum atomic E-state index is 12.8. The van der Waals surface area contributed by atoms with Crippen LogP contribution in [0.5, 0.6) is 5.88 Å². The van der Waals surface area contributed by atoms with Crippen molar-refractivity contribution in [3.63, 3.8) is 0 Å². The molecule has 0 aromatic carbocycles. The van der Waals surface area contributed by atoms with Crippen molar-refractivity contribution in [1.29, 1.82) is 0 Å². The summed E-state index contributed by atoms with van der Waals surface area (Å²) in [6.45, 7) is 2.07. The van der Waals surface area contributed by atoms with E-state index in [1.165, 1.54) is 7.11 Å². The molecule has 0 aliphatic carbocycles. The molecular weight excluding hydrogens is 333 g/mol. The molecule has 0 aliphatic heterocycles. The molecule has 2 aromatic heterocycles. The van der Waals surface area contributed by atoms with Crippen LogP contribution in [0.1, 0.15) is 17.2 Å². The zero-order chi connectivity index (χ0) is 17.0. The van der Waals surface area contributed by atoms with Crippen LogP contribution in [0, 0.1) is 6.92 Å². The quantitative estimate of drug-likeness (QED) is 0.825. The molecule has 0 spiro atoms. The monoisotopic (exact) mass is 346 g/mol. The van der Waals surface area contributed by atoms with E-state index >= 15 is 0 Å². The average Bonchev–Trinajstić information content (AvgIpc) is 2.89. The van der Waals surface area contributed by atoms with E-state index in [1.807, 2.05) is 0 Å². The highest BCUT2D eigenvalue weighted by atomic mass is 32.1. The van der Waals surface area contributed by atoms with Crippen molar-refractivity contribution >= 4 is 23.3 Å². The molecule has 0 radical (unpaired) electrons. The molecule has 0 unspecified atom stereocenters. The van der Waals surface area contributed by atoms with Crippen LogP contribution in [0.2, 0.25) is 0 Å². The molecule has 0 atom stereocenters. The summed E-state index contributed by atoms with van der Waals surface area (Å²) in [6.07, 6.45) is -4.62. The van der Waals surface area contributed by atoms with Crippen LogP contribution in [0.4, 0.5) is 19.1 Å². The highest BCUT2D eigenvalue weighted by Crippen LogP contribution is 2.30. The normalized spacial score (nSPS) is 11.2. The molecule has 10 heteroatoms. The van der Waals surface area contributed by atoms with E-state index in [0.29, 0.717) is 11.8 Å². The third-order valence-electron chi connectivity index (χ3n) is 2.65. The first-order chi connectivity index (χ1) is 10.8. The topological polar surface area (TPSA) is 72.2 Å². The molecular formula is C13H13F3N4O2S. The summed E-state index contributed by atoms with van der Waals surface area (Å²) < 4.78 is 48.3. The Hall–Kier alpha value is -2.36. The molecule has 0 aliphatic rings. The fraction of sp³-hybridized carbons (Fsp3) is 0.308. The van der Waals surface area contributed by atoms with Gasteiger partial charge in [0.25, 0.3) is 0 Å². The van der Waals surface area contributed by atoms with Crippen molar-refractivity contribution in [1.82, 2.24) is 15.3 Å². The number of rotatable bonds is 4. The van der Waals surface area contributed by atoms with Gasteiger partial charge in [0.1, 0.15) is 11.5 Å². The van der Waals surface area contributed by atoms with Crippen molar-refractivity contribution in [3.8, 4) is 5.88 Å². The Kier molecular flexibility index (Phi) is 5.04. The number of methoxy groups -OCH3 is 1. The lowest BCUT2D eigenvalue weighted by Gasteiger charge is -2.12. The van der Waals surface area contributed by atoms with Crippen LogP contribution in [0.3, 0.4) is 0 Å². The molecule has 0 saturated carbocycles. The number of aromatic nitrogens is 2. The number of thiocarbonyl (C=S) groups is 1. The summed E-state index contributed by atoms with van der Waals surface area (Å²) >= 11 is 4.99. The number of furan rings is 1. The summed E-state index contributed by atoms with van der Waals surface area (Å²) in [5.74, 6) is 0.838. The molecule has 23 heavy (non-hydrogen) atoms. The highest BCUT2D eigenvalue weighted by Gasteiger charge is 2.34. The Bertz CT molecular complexity index is 703. The number of hydrogen-bond acceptors (Lipinski definition) is 5. The first-order valence-electron chi connectivity index (χ1n) is 6.38. The predicted molar refractivity (Wildman–Crippen MR) is 80.1 cm³/mol. The second-order valence-corrected chi connectivity index (χ2v) is 4.85. The Morgan fingerprint density at radius 1 is 1.35 bits per heavy atom. The van der Waals surface area contributed by atoms with Crippen LogP contribution < -0.4 is 15.4 Å². The van der Waals surface area contributed by atoms with Crippen molar-refractivity contribution in [2.75, 3.05) is 12.4 Å². The van der Waals surface area contributed by atoms with Gasteiger partial charge in [-0.05, 0) is 31.3 Å². The molecule has 6 nitrogen and oxygen atoms in total. The third kappa shape index (κ3) is 4.81. The molecule has 0 fully saturated rings. The number of aryl methyl sites for hydroxylation is 1. The summed E-state index contributed by atoms with van der Waals surface area (Å²) in [4.78, 5) is 7.14. The number of ether oxygens (including phenoxy) is 1. The summed E-state index contributed by atoms with van der Waals surface area (Å²) in [5.41, 5.74) is -1.13. The lowest BCUT2D eigenvalue weighted by Crippen LogP contribution is -2.29. The zero-order valence-electron chi connectivity index (χ0n) is 12.2. The summed E-state index contributed by atoms with van der Waals surface area (Å²) in [7, 11) is 1.21. The van der Waals surface area contributed by atoms with E-state index < -0.39 is 11.9 Å². The molecule has 2 aromatic rings. The molecule has 2 N–H and O–H groups in total. The van der Waals surface area contributed by atoms with Gasteiger partial charge in [-0.2, -0.15) is 18.2 Å². The summed E-state index contributed by atoms with van der Waals surface area (Å²) in [5, 5.41) is 5.32. The number of halogens is 3. The SMILES string of the molecule is COc1cc(C(F)(F)F)nc(NC(=S)NCc2ccc(C)o2)n1. The Labute approximate surface area is 135 Å². The third-order valence-corrected chi connectivity index (χ3v) is 2.89.